The summed E-state index contributed by atoms with van der Waals surface area (Å²) in [6, 6.07) is 7.85. The Morgan fingerprint density at radius 1 is 1.08 bits per heavy atom. The number of aromatic nitrogens is 4. The Morgan fingerprint density at radius 2 is 1.88 bits per heavy atom. The number of aryl methyl sites for hydroxylation is 3. The van der Waals surface area contributed by atoms with E-state index in [0.29, 0.717) is 10.2 Å². The van der Waals surface area contributed by atoms with Crippen molar-refractivity contribution in [2.75, 3.05) is 0 Å². The first-order valence-electron chi connectivity index (χ1n) is 7.70. The molecule has 0 aliphatic carbocycles. The maximum absolute atomic E-state index is 13.0. The van der Waals surface area contributed by atoms with Crippen LogP contribution >= 0.6 is 11.3 Å². The van der Waals surface area contributed by atoms with Crippen molar-refractivity contribution in [1.29, 1.82) is 0 Å². The van der Waals surface area contributed by atoms with Crippen molar-refractivity contribution in [3.8, 4) is 5.69 Å². The van der Waals surface area contributed by atoms with Crippen molar-refractivity contribution in [2.45, 2.75) is 27.7 Å². The Morgan fingerprint density at radius 3 is 2.67 bits per heavy atom. The van der Waals surface area contributed by atoms with Crippen LogP contribution in [0.4, 0.5) is 0 Å². The summed E-state index contributed by atoms with van der Waals surface area (Å²) in [6.45, 7) is 7.98. The van der Waals surface area contributed by atoms with E-state index in [2.05, 4.69) is 15.3 Å². The summed E-state index contributed by atoms with van der Waals surface area (Å²) in [4.78, 5) is 18.4. The second-order valence-corrected chi connectivity index (χ2v) is 7.06. The highest BCUT2D eigenvalue weighted by Gasteiger charge is 2.17. The molecule has 0 bridgehead atoms. The van der Waals surface area contributed by atoms with Gasteiger partial charge in [-0.2, -0.15) is 4.68 Å². The van der Waals surface area contributed by atoms with E-state index in [0.717, 1.165) is 38.3 Å². The van der Waals surface area contributed by atoms with Crippen LogP contribution in [-0.4, -0.2) is 20.0 Å². The molecule has 4 aromatic rings. The number of benzene rings is 1. The SMILES string of the molecule is Cc1cc(C)c2c(n1)sc1c(=O)n(-c3cccc(C)c3C)nnc12. The van der Waals surface area contributed by atoms with Gasteiger partial charge in [0.1, 0.15) is 15.0 Å². The van der Waals surface area contributed by atoms with E-state index in [1.165, 1.54) is 16.0 Å². The minimum absolute atomic E-state index is 0.145. The van der Waals surface area contributed by atoms with Gasteiger partial charge in [-0.25, -0.2) is 4.98 Å². The molecule has 0 N–H and O–H groups in total. The summed E-state index contributed by atoms with van der Waals surface area (Å²) >= 11 is 1.39. The molecule has 0 aliphatic rings. The first-order chi connectivity index (χ1) is 11.5. The second kappa shape index (κ2) is 5.21. The third-order valence-electron chi connectivity index (χ3n) is 4.39. The van der Waals surface area contributed by atoms with Gasteiger partial charge in [0.15, 0.2) is 0 Å². The Hall–Kier alpha value is -2.60. The zero-order chi connectivity index (χ0) is 17.0. The Kier molecular flexibility index (Phi) is 3.25. The molecular weight excluding hydrogens is 320 g/mol. The van der Waals surface area contributed by atoms with E-state index in [9.17, 15) is 4.79 Å². The average molecular weight is 336 g/mol. The lowest BCUT2D eigenvalue weighted by molar-refractivity contribution is 0.736. The van der Waals surface area contributed by atoms with Crippen LogP contribution < -0.4 is 5.56 Å². The van der Waals surface area contributed by atoms with Crippen LogP contribution in [0.5, 0.6) is 0 Å². The van der Waals surface area contributed by atoms with Crippen LogP contribution in [0.25, 0.3) is 26.1 Å². The molecule has 0 spiro atoms. The molecule has 0 saturated carbocycles. The fourth-order valence-electron chi connectivity index (χ4n) is 3.01. The van der Waals surface area contributed by atoms with Crippen LogP contribution in [0.3, 0.4) is 0 Å². The maximum Gasteiger partial charge on any atom is 0.292 e. The second-order valence-electron chi connectivity index (χ2n) is 6.07. The van der Waals surface area contributed by atoms with E-state index in [4.69, 9.17) is 0 Å². The number of fused-ring (bicyclic) bond motifs is 3. The van der Waals surface area contributed by atoms with Crippen molar-refractivity contribution in [3.05, 3.63) is 57.0 Å². The van der Waals surface area contributed by atoms with Gasteiger partial charge >= 0.3 is 0 Å². The molecule has 0 radical (unpaired) electrons. The van der Waals surface area contributed by atoms with Gasteiger partial charge in [-0.15, -0.1) is 16.4 Å². The summed E-state index contributed by atoms with van der Waals surface area (Å²) in [5.74, 6) is 0. The van der Waals surface area contributed by atoms with Crippen molar-refractivity contribution in [3.63, 3.8) is 0 Å². The molecule has 120 valence electrons. The maximum atomic E-state index is 13.0. The fraction of sp³-hybridized carbons (Fsp3) is 0.222. The normalized spacial score (nSPS) is 11.5. The molecule has 0 amide bonds. The van der Waals surface area contributed by atoms with E-state index >= 15 is 0 Å². The third-order valence-corrected chi connectivity index (χ3v) is 5.45. The van der Waals surface area contributed by atoms with E-state index in [1.54, 1.807) is 0 Å². The van der Waals surface area contributed by atoms with Crippen LogP contribution in [-0.2, 0) is 0 Å². The zero-order valence-electron chi connectivity index (χ0n) is 13.9. The summed E-state index contributed by atoms with van der Waals surface area (Å²) in [5, 5.41) is 9.48. The third kappa shape index (κ3) is 2.06. The lowest BCUT2D eigenvalue weighted by Crippen LogP contribution is -2.22. The Bertz CT molecular complexity index is 1170. The molecule has 0 unspecified atom stereocenters. The summed E-state index contributed by atoms with van der Waals surface area (Å²) in [7, 11) is 0. The van der Waals surface area contributed by atoms with Crippen LogP contribution in [0, 0.1) is 27.7 Å². The molecule has 0 atom stereocenters. The smallest absolute Gasteiger partial charge is 0.266 e. The van der Waals surface area contributed by atoms with Gasteiger partial charge in [-0.3, -0.25) is 4.79 Å². The van der Waals surface area contributed by atoms with Crippen LogP contribution in [0.1, 0.15) is 22.4 Å². The van der Waals surface area contributed by atoms with Crippen molar-refractivity contribution >= 4 is 31.8 Å². The number of nitrogens with zero attached hydrogens (tertiary/aromatic N) is 4. The number of hydrogen-bond donors (Lipinski definition) is 0. The van der Waals surface area contributed by atoms with Gasteiger partial charge in [-0.1, -0.05) is 17.3 Å². The summed E-state index contributed by atoms with van der Waals surface area (Å²) < 4.78 is 1.99. The lowest BCUT2D eigenvalue weighted by atomic mass is 10.1. The highest BCUT2D eigenvalue weighted by molar-refractivity contribution is 7.25. The minimum Gasteiger partial charge on any atom is -0.266 e. The monoisotopic (exact) mass is 336 g/mol. The predicted octanol–water partition coefficient (Wildman–Crippen LogP) is 3.62. The van der Waals surface area contributed by atoms with Gasteiger partial charge in [0.2, 0.25) is 0 Å². The van der Waals surface area contributed by atoms with Crippen LogP contribution in [0.15, 0.2) is 29.1 Å². The lowest BCUT2D eigenvalue weighted by Gasteiger charge is -2.08. The quantitative estimate of drug-likeness (QED) is 0.532. The largest absolute Gasteiger partial charge is 0.292 e. The van der Waals surface area contributed by atoms with Gasteiger partial charge in [0, 0.05) is 11.1 Å². The van der Waals surface area contributed by atoms with Gasteiger partial charge in [0.25, 0.3) is 5.56 Å². The molecule has 1 aromatic carbocycles. The summed E-state index contributed by atoms with van der Waals surface area (Å²) in [6.07, 6.45) is 0. The fourth-order valence-corrected chi connectivity index (χ4v) is 4.17. The molecule has 6 heteroatoms. The molecule has 5 nitrogen and oxygen atoms in total. The highest BCUT2D eigenvalue weighted by Crippen LogP contribution is 2.31. The van der Waals surface area contributed by atoms with Gasteiger partial charge in [-0.05, 0) is 56.5 Å². The van der Waals surface area contributed by atoms with Crippen molar-refractivity contribution in [1.82, 2.24) is 20.0 Å². The first kappa shape index (κ1) is 15.0. The molecule has 0 saturated heterocycles. The topological polar surface area (TPSA) is 60.7 Å². The minimum atomic E-state index is -0.145. The van der Waals surface area contributed by atoms with E-state index < -0.39 is 0 Å². The molecule has 4 rings (SSSR count). The van der Waals surface area contributed by atoms with Crippen molar-refractivity contribution < 1.29 is 0 Å². The van der Waals surface area contributed by atoms with Gasteiger partial charge in [0.05, 0.1) is 5.69 Å². The molecular formula is C18H16N4OS. The number of rotatable bonds is 1. The standard InChI is InChI=1S/C18H16N4OS/c1-9-6-5-7-13(12(9)4)22-18(23)16-15(20-21-22)14-10(2)8-11(3)19-17(14)24-16/h5-8H,1-4H3. The molecule has 3 heterocycles. The van der Waals surface area contributed by atoms with E-state index in [-0.39, 0.29) is 5.56 Å². The Balaban J connectivity index is 2.10. The number of thiophene rings is 1. The number of hydrogen-bond acceptors (Lipinski definition) is 5. The number of pyridine rings is 1. The average Bonchev–Trinajstić information content (AvgIpc) is 2.90. The molecule has 3 aromatic heterocycles. The summed E-state index contributed by atoms with van der Waals surface area (Å²) in [5.41, 5.74) is 5.43. The van der Waals surface area contributed by atoms with Gasteiger partial charge < -0.3 is 0 Å². The molecule has 24 heavy (non-hydrogen) atoms. The highest BCUT2D eigenvalue weighted by atomic mass is 32.1. The predicted molar refractivity (Wildman–Crippen MR) is 97.3 cm³/mol. The molecule has 0 fully saturated rings. The first-order valence-corrected chi connectivity index (χ1v) is 8.52. The van der Waals surface area contributed by atoms with E-state index in [1.807, 2.05) is 52.0 Å². The van der Waals surface area contributed by atoms with Crippen LogP contribution in [0.2, 0.25) is 0 Å². The Labute approximate surface area is 142 Å². The molecule has 0 aliphatic heterocycles. The zero-order valence-corrected chi connectivity index (χ0v) is 14.7. The van der Waals surface area contributed by atoms with Crippen molar-refractivity contribution in [2.24, 2.45) is 0 Å².